The lowest BCUT2D eigenvalue weighted by Gasteiger charge is -2.29. The zero-order valence-electron chi connectivity index (χ0n) is 9.74. The van der Waals surface area contributed by atoms with Gasteiger partial charge < -0.3 is 10.4 Å². The molecule has 0 spiro atoms. The van der Waals surface area contributed by atoms with Gasteiger partial charge in [-0.1, -0.05) is 26.7 Å². The van der Waals surface area contributed by atoms with Gasteiger partial charge in [-0.25, -0.2) is 0 Å². The van der Waals surface area contributed by atoms with Crippen molar-refractivity contribution in [1.29, 1.82) is 5.26 Å². The SMILES string of the molecule is CC(C)C(O)CNC1CCCCC1C#N. The van der Waals surface area contributed by atoms with Crippen molar-refractivity contribution in [3.8, 4) is 6.07 Å². The Morgan fingerprint density at radius 2 is 2.07 bits per heavy atom. The summed E-state index contributed by atoms with van der Waals surface area (Å²) in [4.78, 5) is 0. The van der Waals surface area contributed by atoms with E-state index in [-0.39, 0.29) is 24.0 Å². The van der Waals surface area contributed by atoms with Crippen LogP contribution in [-0.2, 0) is 0 Å². The summed E-state index contributed by atoms with van der Waals surface area (Å²) in [6.45, 7) is 4.63. The topological polar surface area (TPSA) is 56.0 Å². The number of nitrogens with one attached hydrogen (secondary N) is 1. The Labute approximate surface area is 92.5 Å². The van der Waals surface area contributed by atoms with Gasteiger partial charge in [-0.3, -0.25) is 0 Å². The zero-order valence-corrected chi connectivity index (χ0v) is 9.74. The molecule has 3 unspecified atom stereocenters. The molecule has 3 nitrogen and oxygen atoms in total. The lowest BCUT2D eigenvalue weighted by molar-refractivity contribution is 0.115. The summed E-state index contributed by atoms with van der Waals surface area (Å²) in [6, 6.07) is 2.65. The van der Waals surface area contributed by atoms with Crippen LogP contribution in [0.4, 0.5) is 0 Å². The van der Waals surface area contributed by atoms with E-state index < -0.39 is 0 Å². The molecule has 0 aromatic carbocycles. The predicted molar refractivity (Wildman–Crippen MR) is 60.2 cm³/mol. The summed E-state index contributed by atoms with van der Waals surface area (Å²) < 4.78 is 0. The number of aliphatic hydroxyl groups excluding tert-OH is 1. The number of nitriles is 1. The highest BCUT2D eigenvalue weighted by molar-refractivity contribution is 4.94. The minimum absolute atomic E-state index is 0.137. The van der Waals surface area contributed by atoms with Crippen LogP contribution in [0.5, 0.6) is 0 Å². The van der Waals surface area contributed by atoms with Gasteiger partial charge in [0.1, 0.15) is 0 Å². The van der Waals surface area contributed by atoms with Crippen LogP contribution in [0.2, 0.25) is 0 Å². The molecule has 0 saturated heterocycles. The predicted octanol–water partition coefficient (Wildman–Crippen LogP) is 1.68. The molecular weight excluding hydrogens is 188 g/mol. The Hall–Kier alpha value is -0.590. The Morgan fingerprint density at radius 1 is 1.40 bits per heavy atom. The summed E-state index contributed by atoms with van der Waals surface area (Å²) in [5, 5.41) is 22.0. The summed E-state index contributed by atoms with van der Waals surface area (Å²) in [5.41, 5.74) is 0. The van der Waals surface area contributed by atoms with Crippen LogP contribution in [-0.4, -0.2) is 23.8 Å². The first-order chi connectivity index (χ1) is 7.15. The average molecular weight is 210 g/mol. The van der Waals surface area contributed by atoms with Crippen molar-refractivity contribution in [1.82, 2.24) is 5.32 Å². The number of hydrogen-bond donors (Lipinski definition) is 2. The Morgan fingerprint density at radius 3 is 2.67 bits per heavy atom. The Balaban J connectivity index is 2.33. The van der Waals surface area contributed by atoms with E-state index in [0.717, 1.165) is 12.8 Å². The molecule has 15 heavy (non-hydrogen) atoms. The van der Waals surface area contributed by atoms with Crippen LogP contribution in [0.3, 0.4) is 0 Å². The third-order valence-corrected chi connectivity index (χ3v) is 3.29. The summed E-state index contributed by atoms with van der Waals surface area (Å²) in [5.74, 6) is 0.416. The molecule has 1 rings (SSSR count). The zero-order chi connectivity index (χ0) is 11.3. The Kier molecular flexibility index (Phi) is 5.07. The van der Waals surface area contributed by atoms with Crippen LogP contribution in [0, 0.1) is 23.2 Å². The fourth-order valence-electron chi connectivity index (χ4n) is 2.04. The summed E-state index contributed by atoms with van der Waals surface area (Å²) >= 11 is 0. The standard InChI is InChI=1S/C12H22N2O/c1-9(2)12(15)8-14-11-6-4-3-5-10(11)7-13/h9-12,14-15H,3-6,8H2,1-2H3. The lowest BCUT2D eigenvalue weighted by Crippen LogP contribution is -2.42. The van der Waals surface area contributed by atoms with E-state index in [0.29, 0.717) is 6.54 Å². The van der Waals surface area contributed by atoms with Crippen LogP contribution in [0.15, 0.2) is 0 Å². The van der Waals surface area contributed by atoms with E-state index >= 15 is 0 Å². The average Bonchev–Trinajstić information content (AvgIpc) is 2.26. The number of rotatable bonds is 4. The van der Waals surface area contributed by atoms with Gasteiger partial charge in [0.15, 0.2) is 0 Å². The molecule has 1 aliphatic carbocycles. The maximum absolute atomic E-state index is 9.67. The van der Waals surface area contributed by atoms with Crippen molar-refractivity contribution >= 4 is 0 Å². The molecule has 2 N–H and O–H groups in total. The molecule has 0 heterocycles. The first-order valence-electron chi connectivity index (χ1n) is 5.96. The molecule has 1 aliphatic rings. The molecule has 86 valence electrons. The van der Waals surface area contributed by atoms with Crippen molar-refractivity contribution in [3.63, 3.8) is 0 Å². The third-order valence-electron chi connectivity index (χ3n) is 3.29. The van der Waals surface area contributed by atoms with E-state index in [1.165, 1.54) is 12.8 Å². The van der Waals surface area contributed by atoms with E-state index in [9.17, 15) is 5.11 Å². The van der Waals surface area contributed by atoms with Crippen LogP contribution < -0.4 is 5.32 Å². The van der Waals surface area contributed by atoms with Crippen LogP contribution >= 0.6 is 0 Å². The molecule has 0 aromatic rings. The molecule has 1 saturated carbocycles. The highest BCUT2D eigenvalue weighted by Gasteiger charge is 2.25. The molecule has 0 aromatic heterocycles. The van der Waals surface area contributed by atoms with Gasteiger partial charge in [0.05, 0.1) is 18.1 Å². The van der Waals surface area contributed by atoms with E-state index in [1.54, 1.807) is 0 Å². The van der Waals surface area contributed by atoms with Crippen LogP contribution in [0.25, 0.3) is 0 Å². The highest BCUT2D eigenvalue weighted by Crippen LogP contribution is 2.23. The second-order valence-corrected chi connectivity index (χ2v) is 4.85. The number of aliphatic hydroxyl groups is 1. The fraction of sp³-hybridized carbons (Fsp3) is 0.917. The Bertz CT molecular complexity index is 222. The second kappa shape index (κ2) is 6.09. The van der Waals surface area contributed by atoms with Gasteiger partial charge >= 0.3 is 0 Å². The second-order valence-electron chi connectivity index (χ2n) is 4.85. The molecule has 3 atom stereocenters. The maximum atomic E-state index is 9.67. The van der Waals surface area contributed by atoms with E-state index in [4.69, 9.17) is 5.26 Å². The molecule has 3 heteroatoms. The van der Waals surface area contributed by atoms with Crippen molar-refractivity contribution in [2.24, 2.45) is 11.8 Å². The summed E-state index contributed by atoms with van der Waals surface area (Å²) in [7, 11) is 0. The van der Waals surface area contributed by atoms with E-state index in [2.05, 4.69) is 11.4 Å². The van der Waals surface area contributed by atoms with Gasteiger partial charge in [-0.2, -0.15) is 5.26 Å². The van der Waals surface area contributed by atoms with Gasteiger partial charge in [-0.15, -0.1) is 0 Å². The maximum Gasteiger partial charge on any atom is 0.0687 e. The molecular formula is C12H22N2O. The van der Waals surface area contributed by atoms with E-state index in [1.807, 2.05) is 13.8 Å². The molecule has 0 aliphatic heterocycles. The summed E-state index contributed by atoms with van der Waals surface area (Å²) in [6.07, 6.45) is 4.15. The largest absolute Gasteiger partial charge is 0.392 e. The van der Waals surface area contributed by atoms with Crippen molar-refractivity contribution in [2.45, 2.75) is 51.7 Å². The van der Waals surface area contributed by atoms with Gasteiger partial charge in [0.2, 0.25) is 0 Å². The van der Waals surface area contributed by atoms with Crippen molar-refractivity contribution in [3.05, 3.63) is 0 Å². The monoisotopic (exact) mass is 210 g/mol. The molecule has 1 fully saturated rings. The van der Waals surface area contributed by atoms with Crippen LogP contribution in [0.1, 0.15) is 39.5 Å². The van der Waals surface area contributed by atoms with Gasteiger partial charge in [0.25, 0.3) is 0 Å². The molecule has 0 bridgehead atoms. The quantitative estimate of drug-likeness (QED) is 0.742. The lowest BCUT2D eigenvalue weighted by atomic mass is 9.85. The van der Waals surface area contributed by atoms with Crippen molar-refractivity contribution in [2.75, 3.05) is 6.54 Å². The smallest absolute Gasteiger partial charge is 0.0687 e. The minimum atomic E-state index is -0.300. The normalized spacial score (nSPS) is 28.7. The molecule has 0 amide bonds. The van der Waals surface area contributed by atoms with Gasteiger partial charge in [0, 0.05) is 12.6 Å². The number of hydrogen-bond acceptors (Lipinski definition) is 3. The minimum Gasteiger partial charge on any atom is -0.392 e. The van der Waals surface area contributed by atoms with Gasteiger partial charge in [-0.05, 0) is 18.8 Å². The molecule has 0 radical (unpaired) electrons. The first-order valence-corrected chi connectivity index (χ1v) is 5.96. The fourth-order valence-corrected chi connectivity index (χ4v) is 2.04. The number of nitrogens with zero attached hydrogens (tertiary/aromatic N) is 1. The first kappa shape index (κ1) is 12.5. The third kappa shape index (κ3) is 3.81. The van der Waals surface area contributed by atoms with Crippen molar-refractivity contribution < 1.29 is 5.11 Å². The highest BCUT2D eigenvalue weighted by atomic mass is 16.3.